The van der Waals surface area contributed by atoms with Crippen molar-refractivity contribution in [2.45, 2.75) is 66.3 Å². The first kappa shape index (κ1) is 13.1. The average Bonchev–Trinajstić information content (AvgIpc) is 2.66. The van der Waals surface area contributed by atoms with E-state index in [1.165, 1.54) is 25.7 Å². The molecular formula is C16H29N. The Bertz CT molecular complexity index is 297. The molecular weight excluding hydrogens is 206 g/mol. The van der Waals surface area contributed by atoms with Crippen LogP contribution in [0.3, 0.4) is 0 Å². The molecule has 1 N–H and O–H groups in total. The molecule has 0 saturated heterocycles. The van der Waals surface area contributed by atoms with Gasteiger partial charge in [-0.15, -0.1) is 0 Å². The second-order valence-electron chi connectivity index (χ2n) is 7.02. The van der Waals surface area contributed by atoms with E-state index < -0.39 is 0 Å². The molecule has 0 heterocycles. The lowest BCUT2D eigenvalue weighted by Crippen LogP contribution is -2.35. The highest BCUT2D eigenvalue weighted by Gasteiger charge is 2.67. The highest BCUT2D eigenvalue weighted by molar-refractivity contribution is 5.27. The highest BCUT2D eigenvalue weighted by atomic mass is 15.0. The third-order valence-corrected chi connectivity index (χ3v) is 5.56. The standard InChI is InChI=1S/C16H29N/c1-6-11-17-13(12-9-7-8-10-12)14-15(2,3)16(14,4)5/h9,13-14,17H,6-8,10-11H2,1-5H3. The molecule has 2 aliphatic rings. The van der Waals surface area contributed by atoms with E-state index in [9.17, 15) is 0 Å². The number of nitrogens with one attached hydrogen (secondary N) is 1. The first-order valence-corrected chi connectivity index (χ1v) is 7.35. The van der Waals surface area contributed by atoms with Gasteiger partial charge in [0, 0.05) is 6.04 Å². The second-order valence-corrected chi connectivity index (χ2v) is 7.02. The Balaban J connectivity index is 2.12. The fraction of sp³-hybridized carbons (Fsp3) is 0.875. The van der Waals surface area contributed by atoms with Crippen molar-refractivity contribution in [1.82, 2.24) is 5.32 Å². The summed E-state index contributed by atoms with van der Waals surface area (Å²) in [5, 5.41) is 3.82. The van der Waals surface area contributed by atoms with Gasteiger partial charge in [0.05, 0.1) is 0 Å². The fourth-order valence-electron chi connectivity index (χ4n) is 3.82. The van der Waals surface area contributed by atoms with Crippen molar-refractivity contribution in [1.29, 1.82) is 0 Å². The van der Waals surface area contributed by atoms with E-state index in [-0.39, 0.29) is 0 Å². The quantitative estimate of drug-likeness (QED) is 0.706. The Morgan fingerprint density at radius 2 is 1.94 bits per heavy atom. The third kappa shape index (κ3) is 2.07. The summed E-state index contributed by atoms with van der Waals surface area (Å²) in [7, 11) is 0. The summed E-state index contributed by atoms with van der Waals surface area (Å²) in [6.07, 6.45) is 7.72. The lowest BCUT2D eigenvalue weighted by molar-refractivity contribution is 0.436. The minimum atomic E-state index is 0.488. The number of rotatable bonds is 5. The number of hydrogen-bond donors (Lipinski definition) is 1. The summed E-state index contributed by atoms with van der Waals surface area (Å²) >= 11 is 0. The molecule has 0 bridgehead atoms. The lowest BCUT2D eigenvalue weighted by atomic mass is 9.95. The van der Waals surface area contributed by atoms with Gasteiger partial charge in [-0.25, -0.2) is 0 Å². The maximum atomic E-state index is 3.82. The number of hydrogen-bond acceptors (Lipinski definition) is 1. The van der Waals surface area contributed by atoms with E-state index in [0.29, 0.717) is 16.9 Å². The van der Waals surface area contributed by atoms with Crippen LogP contribution in [0.4, 0.5) is 0 Å². The van der Waals surface area contributed by atoms with Gasteiger partial charge in [-0.05, 0) is 49.0 Å². The van der Waals surface area contributed by atoms with Gasteiger partial charge in [0.1, 0.15) is 0 Å². The van der Waals surface area contributed by atoms with E-state index in [4.69, 9.17) is 0 Å². The molecule has 17 heavy (non-hydrogen) atoms. The van der Waals surface area contributed by atoms with Gasteiger partial charge in [0.15, 0.2) is 0 Å². The molecule has 0 amide bonds. The van der Waals surface area contributed by atoms with Crippen LogP contribution in [0.5, 0.6) is 0 Å². The van der Waals surface area contributed by atoms with E-state index in [2.05, 4.69) is 46.0 Å². The molecule has 98 valence electrons. The first-order valence-electron chi connectivity index (χ1n) is 7.35. The topological polar surface area (TPSA) is 12.0 Å². The molecule has 1 nitrogen and oxygen atoms in total. The second kappa shape index (κ2) is 4.42. The van der Waals surface area contributed by atoms with Crippen molar-refractivity contribution in [3.8, 4) is 0 Å². The first-order chi connectivity index (χ1) is 7.93. The summed E-state index contributed by atoms with van der Waals surface area (Å²) in [5.41, 5.74) is 2.67. The van der Waals surface area contributed by atoms with Gasteiger partial charge in [-0.2, -0.15) is 0 Å². The normalized spacial score (nSPS) is 27.9. The Labute approximate surface area is 107 Å². The van der Waals surface area contributed by atoms with Gasteiger partial charge >= 0.3 is 0 Å². The molecule has 1 unspecified atom stereocenters. The minimum Gasteiger partial charge on any atom is -0.310 e. The van der Waals surface area contributed by atoms with E-state index in [0.717, 1.165) is 12.5 Å². The molecule has 0 spiro atoms. The molecule has 1 fully saturated rings. The molecule has 0 aromatic carbocycles. The van der Waals surface area contributed by atoms with Crippen LogP contribution in [-0.2, 0) is 0 Å². The zero-order valence-electron chi connectivity index (χ0n) is 12.3. The Hall–Kier alpha value is -0.300. The summed E-state index contributed by atoms with van der Waals surface area (Å²) in [5.74, 6) is 0.811. The molecule has 1 heteroatoms. The molecule has 2 rings (SSSR count). The highest BCUT2D eigenvalue weighted by Crippen LogP contribution is 2.70. The molecule has 0 aromatic heterocycles. The molecule has 0 radical (unpaired) electrons. The van der Waals surface area contributed by atoms with Crippen molar-refractivity contribution in [2.75, 3.05) is 6.54 Å². The van der Waals surface area contributed by atoms with Crippen LogP contribution in [0.15, 0.2) is 11.6 Å². The maximum Gasteiger partial charge on any atom is 0.0318 e. The van der Waals surface area contributed by atoms with Gasteiger partial charge in [0.25, 0.3) is 0 Å². The van der Waals surface area contributed by atoms with Crippen LogP contribution in [0.25, 0.3) is 0 Å². The van der Waals surface area contributed by atoms with Crippen LogP contribution in [0.2, 0.25) is 0 Å². The smallest absolute Gasteiger partial charge is 0.0318 e. The molecule has 1 atom stereocenters. The summed E-state index contributed by atoms with van der Waals surface area (Å²) in [4.78, 5) is 0. The van der Waals surface area contributed by atoms with E-state index in [1.807, 2.05) is 0 Å². The van der Waals surface area contributed by atoms with Gasteiger partial charge < -0.3 is 5.32 Å². The van der Waals surface area contributed by atoms with Crippen LogP contribution in [-0.4, -0.2) is 12.6 Å². The predicted molar refractivity (Wildman–Crippen MR) is 75.1 cm³/mol. The largest absolute Gasteiger partial charge is 0.310 e. The minimum absolute atomic E-state index is 0.488. The molecule has 2 aliphatic carbocycles. The van der Waals surface area contributed by atoms with Crippen LogP contribution in [0, 0.1) is 16.7 Å². The molecule has 0 aliphatic heterocycles. The van der Waals surface area contributed by atoms with Gasteiger partial charge in [-0.1, -0.05) is 46.3 Å². The lowest BCUT2D eigenvalue weighted by Gasteiger charge is -2.22. The third-order valence-electron chi connectivity index (χ3n) is 5.56. The number of allylic oxidation sites excluding steroid dienone is 1. The summed E-state index contributed by atoms with van der Waals surface area (Å²) < 4.78 is 0. The zero-order valence-corrected chi connectivity index (χ0v) is 12.3. The van der Waals surface area contributed by atoms with Crippen LogP contribution in [0.1, 0.15) is 60.3 Å². The Kier molecular flexibility index (Phi) is 3.42. The van der Waals surface area contributed by atoms with Gasteiger partial charge in [0.2, 0.25) is 0 Å². The van der Waals surface area contributed by atoms with Crippen molar-refractivity contribution < 1.29 is 0 Å². The van der Waals surface area contributed by atoms with Crippen molar-refractivity contribution in [3.63, 3.8) is 0 Å². The van der Waals surface area contributed by atoms with E-state index >= 15 is 0 Å². The van der Waals surface area contributed by atoms with Crippen molar-refractivity contribution in [2.24, 2.45) is 16.7 Å². The predicted octanol–water partition coefficient (Wildman–Crippen LogP) is 4.15. The van der Waals surface area contributed by atoms with Crippen molar-refractivity contribution >= 4 is 0 Å². The Morgan fingerprint density at radius 3 is 2.35 bits per heavy atom. The SMILES string of the molecule is CCCNC(C1=CCCC1)C1C(C)(C)C1(C)C. The summed E-state index contributed by atoms with van der Waals surface area (Å²) in [6, 6.07) is 0.641. The van der Waals surface area contributed by atoms with Crippen molar-refractivity contribution in [3.05, 3.63) is 11.6 Å². The summed E-state index contributed by atoms with van der Waals surface area (Å²) in [6.45, 7) is 13.2. The average molecular weight is 235 g/mol. The Morgan fingerprint density at radius 1 is 1.29 bits per heavy atom. The zero-order chi connectivity index (χ0) is 12.7. The van der Waals surface area contributed by atoms with E-state index in [1.54, 1.807) is 5.57 Å². The van der Waals surface area contributed by atoms with Crippen LogP contribution < -0.4 is 5.32 Å². The fourth-order valence-corrected chi connectivity index (χ4v) is 3.82. The van der Waals surface area contributed by atoms with Gasteiger partial charge in [-0.3, -0.25) is 0 Å². The molecule has 1 saturated carbocycles. The molecule has 0 aromatic rings. The monoisotopic (exact) mass is 235 g/mol. The maximum absolute atomic E-state index is 3.82. The van der Waals surface area contributed by atoms with Crippen LogP contribution >= 0.6 is 0 Å².